The molecule has 0 fully saturated rings. The van der Waals surface area contributed by atoms with Gasteiger partial charge >= 0.3 is 5.69 Å². The molecule has 0 aliphatic carbocycles. The van der Waals surface area contributed by atoms with Gasteiger partial charge in [0.1, 0.15) is 17.5 Å². The molecule has 0 unspecified atom stereocenters. The zero-order chi connectivity index (χ0) is 26.2. The van der Waals surface area contributed by atoms with Crippen molar-refractivity contribution in [1.29, 1.82) is 5.26 Å². The van der Waals surface area contributed by atoms with Gasteiger partial charge in [-0.05, 0) is 61.0 Å². The lowest BCUT2D eigenvalue weighted by atomic mass is 10.1. The van der Waals surface area contributed by atoms with Crippen molar-refractivity contribution in [2.45, 2.75) is 6.92 Å². The van der Waals surface area contributed by atoms with Crippen LogP contribution in [0, 0.1) is 37.4 Å². The highest BCUT2D eigenvalue weighted by Gasteiger charge is 2.22. The lowest BCUT2D eigenvalue weighted by Crippen LogP contribution is -2.13. The number of ether oxygens (including phenoxy) is 2. The lowest BCUT2D eigenvalue weighted by Gasteiger charge is -2.12. The molecule has 0 aliphatic rings. The predicted octanol–water partition coefficient (Wildman–Crippen LogP) is 5.38. The molecule has 3 aromatic carbocycles. The first-order valence-electron chi connectivity index (χ1n) is 10.3. The minimum Gasteiger partial charge on any atom is -0.490 e. The monoisotopic (exact) mass is 492 g/mol. The zero-order valence-electron chi connectivity index (χ0n) is 18.6. The van der Waals surface area contributed by atoms with E-state index in [1.165, 1.54) is 36.4 Å². The van der Waals surface area contributed by atoms with Crippen LogP contribution in [0.2, 0.25) is 0 Å². The van der Waals surface area contributed by atoms with Crippen molar-refractivity contribution in [3.05, 3.63) is 97.8 Å². The third-order valence-electron chi connectivity index (χ3n) is 4.62. The number of rotatable bonds is 9. The van der Waals surface area contributed by atoms with Crippen molar-refractivity contribution in [2.24, 2.45) is 0 Å². The maximum atomic E-state index is 13.1. The average Bonchev–Trinajstić information content (AvgIpc) is 2.85. The van der Waals surface area contributed by atoms with Crippen LogP contribution < -0.4 is 14.8 Å². The average molecular weight is 492 g/mol. The number of carbonyl (C=O) groups excluding carboxylic acids is 1. The highest BCUT2D eigenvalue weighted by molar-refractivity contribution is 6.09. The number of nitrogens with one attached hydrogen (secondary N) is 1. The molecule has 36 heavy (non-hydrogen) atoms. The van der Waals surface area contributed by atoms with Gasteiger partial charge in [0.2, 0.25) is 5.75 Å². The molecule has 182 valence electrons. The molecule has 1 amide bonds. The molecule has 11 nitrogen and oxygen atoms in total. The molecule has 0 spiro atoms. The molecule has 3 aromatic rings. The first-order chi connectivity index (χ1) is 17.2. The maximum Gasteiger partial charge on any atom is 0.318 e. The van der Waals surface area contributed by atoms with Crippen LogP contribution in [-0.2, 0) is 4.79 Å². The summed E-state index contributed by atoms with van der Waals surface area (Å²) in [5.74, 6) is -1.22. The summed E-state index contributed by atoms with van der Waals surface area (Å²) in [4.78, 5) is 33.2. The van der Waals surface area contributed by atoms with E-state index >= 15 is 0 Å². The van der Waals surface area contributed by atoms with Gasteiger partial charge in [-0.25, -0.2) is 4.39 Å². The lowest BCUT2D eigenvalue weighted by molar-refractivity contribution is -0.394. The normalized spacial score (nSPS) is 10.8. The van der Waals surface area contributed by atoms with E-state index in [0.717, 1.165) is 30.3 Å². The van der Waals surface area contributed by atoms with Crippen LogP contribution in [0.25, 0.3) is 6.08 Å². The highest BCUT2D eigenvalue weighted by atomic mass is 19.1. The van der Waals surface area contributed by atoms with Crippen LogP contribution in [0.15, 0.2) is 66.2 Å². The quantitative estimate of drug-likeness (QED) is 0.180. The van der Waals surface area contributed by atoms with E-state index < -0.39 is 32.9 Å². The van der Waals surface area contributed by atoms with Gasteiger partial charge in [0, 0.05) is 11.8 Å². The summed E-state index contributed by atoms with van der Waals surface area (Å²) in [5.41, 5.74) is -0.649. The second-order valence-electron chi connectivity index (χ2n) is 7.04. The van der Waals surface area contributed by atoms with Gasteiger partial charge < -0.3 is 14.8 Å². The number of nitro groups is 2. The molecule has 0 saturated carbocycles. The summed E-state index contributed by atoms with van der Waals surface area (Å²) >= 11 is 0. The van der Waals surface area contributed by atoms with E-state index in [1.54, 1.807) is 13.0 Å². The van der Waals surface area contributed by atoms with E-state index in [2.05, 4.69) is 5.32 Å². The molecule has 0 saturated heterocycles. The number of halogens is 1. The predicted molar refractivity (Wildman–Crippen MR) is 126 cm³/mol. The number of nitro benzene ring substituents is 2. The van der Waals surface area contributed by atoms with Crippen LogP contribution in [0.3, 0.4) is 0 Å². The van der Waals surface area contributed by atoms with E-state index in [1.807, 2.05) is 0 Å². The molecule has 0 aromatic heterocycles. The second kappa shape index (κ2) is 11.2. The van der Waals surface area contributed by atoms with Crippen molar-refractivity contribution < 1.29 is 28.5 Å². The number of nitrogens with zero attached hydrogens (tertiary/aromatic N) is 3. The van der Waals surface area contributed by atoms with Gasteiger partial charge in [-0.15, -0.1) is 0 Å². The van der Waals surface area contributed by atoms with E-state index in [0.29, 0.717) is 11.3 Å². The van der Waals surface area contributed by atoms with Gasteiger partial charge in [-0.2, -0.15) is 5.26 Å². The molecule has 0 bridgehead atoms. The van der Waals surface area contributed by atoms with Gasteiger partial charge in [0.05, 0.1) is 22.5 Å². The minimum atomic E-state index is -0.807. The molecular weight excluding hydrogens is 475 g/mol. The fourth-order valence-corrected chi connectivity index (χ4v) is 2.98. The zero-order valence-corrected chi connectivity index (χ0v) is 18.6. The molecule has 12 heteroatoms. The van der Waals surface area contributed by atoms with Crippen LogP contribution in [-0.4, -0.2) is 22.4 Å². The smallest absolute Gasteiger partial charge is 0.318 e. The van der Waals surface area contributed by atoms with Crippen LogP contribution in [0.1, 0.15) is 12.5 Å². The summed E-state index contributed by atoms with van der Waals surface area (Å²) in [6.45, 7) is 1.89. The highest BCUT2D eigenvalue weighted by Crippen LogP contribution is 2.38. The van der Waals surface area contributed by atoms with Crippen LogP contribution in [0.5, 0.6) is 17.2 Å². The third-order valence-corrected chi connectivity index (χ3v) is 4.62. The number of hydrogen-bond acceptors (Lipinski definition) is 8. The molecule has 3 rings (SSSR count). The molecule has 1 N–H and O–H groups in total. The summed E-state index contributed by atoms with van der Waals surface area (Å²) < 4.78 is 24.2. The SMILES string of the molecule is CCOc1cc(C=C(C#N)C(=O)Nc2ccc(F)cc2)ccc1Oc1ccc([N+](=O)[O-])cc1[N+](=O)[O-]. The van der Waals surface area contributed by atoms with Gasteiger partial charge in [-0.1, -0.05) is 6.07 Å². The Hall–Kier alpha value is -5.31. The molecule has 0 radical (unpaired) electrons. The Bertz CT molecular complexity index is 1400. The second-order valence-corrected chi connectivity index (χ2v) is 7.04. The number of carbonyl (C=O) groups is 1. The number of hydrogen-bond donors (Lipinski definition) is 1. The summed E-state index contributed by atoms with van der Waals surface area (Å²) in [6.07, 6.45) is 1.29. The minimum absolute atomic E-state index is 0.0697. The van der Waals surface area contributed by atoms with E-state index in [4.69, 9.17) is 9.47 Å². The first kappa shape index (κ1) is 25.3. The summed E-state index contributed by atoms with van der Waals surface area (Å²) in [7, 11) is 0. The summed E-state index contributed by atoms with van der Waals surface area (Å²) in [6, 6.07) is 14.1. The number of nitriles is 1. The van der Waals surface area contributed by atoms with Crippen molar-refractivity contribution in [1.82, 2.24) is 0 Å². The number of anilines is 1. The van der Waals surface area contributed by atoms with E-state index in [-0.39, 0.29) is 29.4 Å². The van der Waals surface area contributed by atoms with Gasteiger partial charge in [-0.3, -0.25) is 25.0 Å². The number of non-ortho nitro benzene ring substituents is 1. The Morgan fingerprint density at radius 2 is 1.72 bits per heavy atom. The van der Waals surface area contributed by atoms with Crippen molar-refractivity contribution in [3.63, 3.8) is 0 Å². The largest absolute Gasteiger partial charge is 0.490 e. The fourth-order valence-electron chi connectivity index (χ4n) is 2.98. The first-order valence-corrected chi connectivity index (χ1v) is 10.3. The molecule has 0 heterocycles. The van der Waals surface area contributed by atoms with Gasteiger partial charge in [0.25, 0.3) is 11.6 Å². The van der Waals surface area contributed by atoms with E-state index in [9.17, 15) is 34.7 Å². The Balaban J connectivity index is 1.90. The number of benzene rings is 3. The van der Waals surface area contributed by atoms with Gasteiger partial charge in [0.15, 0.2) is 11.5 Å². The Morgan fingerprint density at radius 1 is 1.03 bits per heavy atom. The van der Waals surface area contributed by atoms with Crippen molar-refractivity contribution >= 4 is 29.0 Å². The maximum absolute atomic E-state index is 13.1. The topological polar surface area (TPSA) is 158 Å². The van der Waals surface area contributed by atoms with Crippen molar-refractivity contribution in [3.8, 4) is 23.3 Å². The number of amides is 1. The molecular formula is C24H17FN4O7. The molecule has 0 atom stereocenters. The Labute approximate surface area is 203 Å². The Kier molecular flexibility index (Phi) is 7.88. The summed E-state index contributed by atoms with van der Waals surface area (Å²) in [5, 5.41) is 34.3. The standard InChI is InChI=1S/C24H17FN4O7/c1-2-35-23-12-15(11-16(14-26)24(30)27-18-6-4-17(25)5-7-18)3-9-22(23)36-21-10-8-19(28(31)32)13-20(21)29(33)34/h3-13H,2H2,1H3,(H,27,30). The fraction of sp³-hybridized carbons (Fsp3) is 0.0833. The van der Waals surface area contributed by atoms with Crippen molar-refractivity contribution in [2.75, 3.05) is 11.9 Å². The Morgan fingerprint density at radius 3 is 2.33 bits per heavy atom. The molecule has 0 aliphatic heterocycles. The third kappa shape index (κ3) is 6.17. The van der Waals surface area contributed by atoms with Crippen LogP contribution >= 0.6 is 0 Å². The van der Waals surface area contributed by atoms with Crippen LogP contribution in [0.4, 0.5) is 21.5 Å².